The zero-order valence-corrected chi connectivity index (χ0v) is 7.31. The van der Waals surface area contributed by atoms with Crippen LogP contribution in [0.3, 0.4) is 0 Å². The molecular formula is C11H18. The van der Waals surface area contributed by atoms with Gasteiger partial charge in [-0.3, -0.25) is 0 Å². The first-order chi connectivity index (χ1) is 5.34. The minimum absolute atomic E-state index is 1.06. The third-order valence-corrected chi connectivity index (χ3v) is 3.18. The van der Waals surface area contributed by atoms with Crippen molar-refractivity contribution in [3.8, 4) is 0 Å². The zero-order valence-electron chi connectivity index (χ0n) is 7.31. The average Bonchev–Trinajstić information content (AvgIpc) is 2.78. The molecule has 0 spiro atoms. The van der Waals surface area contributed by atoms with Crippen molar-refractivity contribution in [3.63, 3.8) is 0 Å². The highest BCUT2D eigenvalue weighted by atomic mass is 14.3. The normalized spacial score (nSPS) is 27.5. The zero-order chi connectivity index (χ0) is 7.68. The maximum absolute atomic E-state index is 4.04. The van der Waals surface area contributed by atoms with Gasteiger partial charge in [0.05, 0.1) is 0 Å². The summed E-state index contributed by atoms with van der Waals surface area (Å²) in [5.74, 6) is 2.19. The predicted molar refractivity (Wildman–Crippen MR) is 48.4 cm³/mol. The maximum atomic E-state index is 4.04. The van der Waals surface area contributed by atoms with E-state index >= 15 is 0 Å². The van der Waals surface area contributed by atoms with Crippen molar-refractivity contribution in [1.29, 1.82) is 0 Å². The summed E-state index contributed by atoms with van der Waals surface area (Å²) in [6.45, 7) is 4.04. The van der Waals surface area contributed by atoms with Crippen LogP contribution in [0.25, 0.3) is 0 Å². The van der Waals surface area contributed by atoms with Crippen molar-refractivity contribution in [2.45, 2.75) is 44.9 Å². The van der Waals surface area contributed by atoms with Crippen LogP contribution in [0.15, 0.2) is 12.2 Å². The van der Waals surface area contributed by atoms with Gasteiger partial charge in [0, 0.05) is 0 Å². The van der Waals surface area contributed by atoms with E-state index in [0.29, 0.717) is 0 Å². The van der Waals surface area contributed by atoms with Crippen molar-refractivity contribution in [1.82, 2.24) is 0 Å². The molecule has 2 saturated carbocycles. The molecule has 11 heavy (non-hydrogen) atoms. The van der Waals surface area contributed by atoms with Crippen LogP contribution in [0.2, 0.25) is 0 Å². The van der Waals surface area contributed by atoms with Crippen LogP contribution in [0.5, 0.6) is 0 Å². The highest BCUT2D eigenvalue weighted by molar-refractivity contribution is 4.98. The molecule has 0 N–H and O–H groups in total. The molecule has 2 fully saturated rings. The first-order valence-electron chi connectivity index (χ1n) is 5.01. The molecule has 0 aromatic heterocycles. The van der Waals surface area contributed by atoms with Crippen LogP contribution in [0.1, 0.15) is 44.9 Å². The van der Waals surface area contributed by atoms with Gasteiger partial charge in [0.1, 0.15) is 0 Å². The Hall–Kier alpha value is -0.260. The number of hydrogen-bond donors (Lipinski definition) is 0. The van der Waals surface area contributed by atoms with Crippen LogP contribution >= 0.6 is 0 Å². The summed E-state index contributed by atoms with van der Waals surface area (Å²) in [6.07, 6.45) is 10.1. The fourth-order valence-electron chi connectivity index (χ4n) is 2.15. The van der Waals surface area contributed by atoms with E-state index in [4.69, 9.17) is 0 Å². The minimum Gasteiger partial charge on any atom is -0.0999 e. The lowest BCUT2D eigenvalue weighted by Crippen LogP contribution is -2.08. The molecule has 0 aromatic rings. The lowest BCUT2D eigenvalue weighted by molar-refractivity contribution is 0.366. The first kappa shape index (κ1) is 7.39. The predicted octanol–water partition coefficient (Wildman–Crippen LogP) is 3.53. The van der Waals surface area contributed by atoms with Crippen LogP contribution in [-0.4, -0.2) is 0 Å². The van der Waals surface area contributed by atoms with E-state index in [1.54, 1.807) is 0 Å². The third kappa shape index (κ3) is 2.08. The molecule has 0 nitrogen and oxygen atoms in total. The van der Waals surface area contributed by atoms with Crippen molar-refractivity contribution >= 4 is 0 Å². The molecule has 0 atom stereocenters. The monoisotopic (exact) mass is 150 g/mol. The van der Waals surface area contributed by atoms with E-state index in [0.717, 1.165) is 11.8 Å². The lowest BCUT2D eigenvalue weighted by atomic mass is 9.83. The summed E-state index contributed by atoms with van der Waals surface area (Å²) in [6, 6.07) is 0. The summed E-state index contributed by atoms with van der Waals surface area (Å²) >= 11 is 0. The molecule has 0 unspecified atom stereocenters. The Balaban J connectivity index is 1.73. The summed E-state index contributed by atoms with van der Waals surface area (Å²) in [5, 5.41) is 0. The Labute approximate surface area is 69.7 Å². The molecule has 2 aliphatic rings. The van der Waals surface area contributed by atoms with E-state index in [1.807, 2.05) is 0 Å². The Morgan fingerprint density at radius 3 is 2.09 bits per heavy atom. The second kappa shape index (κ2) is 3.00. The summed E-state index contributed by atoms with van der Waals surface area (Å²) in [5.41, 5.74) is 1.50. The average molecular weight is 150 g/mol. The Bertz CT molecular complexity index is 143. The quantitative estimate of drug-likeness (QED) is 0.528. The maximum Gasteiger partial charge on any atom is -0.0320 e. The van der Waals surface area contributed by atoms with Crippen LogP contribution in [0, 0.1) is 11.8 Å². The van der Waals surface area contributed by atoms with Gasteiger partial charge in [-0.25, -0.2) is 0 Å². The second-order valence-corrected chi connectivity index (χ2v) is 4.37. The number of rotatable bonds is 2. The lowest BCUT2D eigenvalue weighted by Gasteiger charge is -2.22. The molecule has 0 amide bonds. The van der Waals surface area contributed by atoms with Crippen LogP contribution in [-0.2, 0) is 0 Å². The van der Waals surface area contributed by atoms with Crippen molar-refractivity contribution < 1.29 is 0 Å². The standard InChI is InChI=1S/C11H18/c1-9-2-4-10(5-3-9)8-11-6-7-11/h10-11H,1-8H2. The van der Waals surface area contributed by atoms with Crippen LogP contribution in [0.4, 0.5) is 0 Å². The molecule has 0 radical (unpaired) electrons. The Morgan fingerprint density at radius 2 is 1.55 bits per heavy atom. The van der Waals surface area contributed by atoms with E-state index in [-0.39, 0.29) is 0 Å². The fourth-order valence-corrected chi connectivity index (χ4v) is 2.15. The van der Waals surface area contributed by atoms with Gasteiger partial charge in [0.25, 0.3) is 0 Å². The van der Waals surface area contributed by atoms with Crippen molar-refractivity contribution in [2.75, 3.05) is 0 Å². The van der Waals surface area contributed by atoms with E-state index in [2.05, 4.69) is 6.58 Å². The van der Waals surface area contributed by atoms with E-state index < -0.39 is 0 Å². The van der Waals surface area contributed by atoms with Gasteiger partial charge in [-0.2, -0.15) is 0 Å². The summed E-state index contributed by atoms with van der Waals surface area (Å²) in [7, 11) is 0. The molecule has 0 aliphatic heterocycles. The van der Waals surface area contributed by atoms with Gasteiger partial charge in [0.2, 0.25) is 0 Å². The molecule has 62 valence electrons. The van der Waals surface area contributed by atoms with E-state index in [9.17, 15) is 0 Å². The SMILES string of the molecule is C=C1CCC(CC2CC2)CC1. The second-order valence-electron chi connectivity index (χ2n) is 4.37. The largest absolute Gasteiger partial charge is 0.0999 e. The van der Waals surface area contributed by atoms with E-state index in [1.165, 1.54) is 50.5 Å². The van der Waals surface area contributed by atoms with Crippen molar-refractivity contribution in [3.05, 3.63) is 12.2 Å². The summed E-state index contributed by atoms with van der Waals surface area (Å²) < 4.78 is 0. The Morgan fingerprint density at radius 1 is 1.00 bits per heavy atom. The number of hydrogen-bond acceptors (Lipinski definition) is 0. The van der Waals surface area contributed by atoms with Crippen molar-refractivity contribution in [2.24, 2.45) is 11.8 Å². The van der Waals surface area contributed by atoms with Gasteiger partial charge in [-0.05, 0) is 43.9 Å². The molecule has 0 saturated heterocycles. The highest BCUT2D eigenvalue weighted by Crippen LogP contribution is 2.40. The van der Waals surface area contributed by atoms with Gasteiger partial charge in [0.15, 0.2) is 0 Å². The van der Waals surface area contributed by atoms with Gasteiger partial charge >= 0.3 is 0 Å². The molecule has 2 aliphatic carbocycles. The molecule has 0 aromatic carbocycles. The first-order valence-corrected chi connectivity index (χ1v) is 5.01. The van der Waals surface area contributed by atoms with Gasteiger partial charge in [-0.15, -0.1) is 0 Å². The number of allylic oxidation sites excluding steroid dienone is 1. The van der Waals surface area contributed by atoms with Crippen LogP contribution < -0.4 is 0 Å². The molecule has 2 rings (SSSR count). The minimum atomic E-state index is 1.06. The van der Waals surface area contributed by atoms with Gasteiger partial charge in [-0.1, -0.05) is 25.0 Å². The molecule has 0 bridgehead atoms. The summed E-state index contributed by atoms with van der Waals surface area (Å²) in [4.78, 5) is 0. The van der Waals surface area contributed by atoms with Gasteiger partial charge < -0.3 is 0 Å². The smallest absolute Gasteiger partial charge is 0.0320 e. The third-order valence-electron chi connectivity index (χ3n) is 3.18. The highest BCUT2D eigenvalue weighted by Gasteiger charge is 2.26. The molecule has 0 heterocycles. The Kier molecular flexibility index (Phi) is 2.02. The fraction of sp³-hybridized carbons (Fsp3) is 0.818. The topological polar surface area (TPSA) is 0 Å². The molecule has 0 heteroatoms. The molecular weight excluding hydrogens is 132 g/mol.